The summed E-state index contributed by atoms with van der Waals surface area (Å²) in [6.07, 6.45) is 12.4. The van der Waals surface area contributed by atoms with E-state index >= 15 is 0 Å². The molecule has 0 bridgehead atoms. The van der Waals surface area contributed by atoms with Crippen molar-refractivity contribution in [2.45, 2.75) is 146 Å². The summed E-state index contributed by atoms with van der Waals surface area (Å²) in [4.78, 5) is 0. The molecule has 3 heteroatoms. The van der Waals surface area contributed by atoms with Crippen LogP contribution in [0.5, 0.6) is 0 Å². The molecule has 0 spiro atoms. The van der Waals surface area contributed by atoms with E-state index in [1.54, 1.807) is 0 Å². The Balaban J connectivity index is 0.000000238. The summed E-state index contributed by atoms with van der Waals surface area (Å²) in [5.41, 5.74) is 16.5. The van der Waals surface area contributed by atoms with Crippen LogP contribution in [-0.4, -0.2) is 3.21 Å². The summed E-state index contributed by atoms with van der Waals surface area (Å²) >= 11 is 1.46. The molecule has 0 saturated carbocycles. The van der Waals surface area contributed by atoms with Gasteiger partial charge in [0.1, 0.15) is 0 Å². The van der Waals surface area contributed by atoms with Crippen LogP contribution < -0.4 is 24.8 Å². The molecule has 3 aliphatic rings. The van der Waals surface area contributed by atoms with Crippen molar-refractivity contribution >= 4 is 35.9 Å². The van der Waals surface area contributed by atoms with Crippen LogP contribution in [0.25, 0.3) is 32.7 Å². The van der Waals surface area contributed by atoms with Crippen LogP contribution in [0.15, 0.2) is 109 Å². The quantitative estimate of drug-likeness (QED) is 0.155. The average molecular weight is 943 g/mol. The van der Waals surface area contributed by atoms with Gasteiger partial charge >= 0.3 is 151 Å². The van der Waals surface area contributed by atoms with Gasteiger partial charge in [0.25, 0.3) is 0 Å². The summed E-state index contributed by atoms with van der Waals surface area (Å²) in [6.45, 7) is 41.3. The fraction of sp³-hybridized carbons (Fsp3) is 0.424. The maximum Gasteiger partial charge on any atom is -0.0733 e. The number of rotatable bonds is 2. The normalized spacial score (nSPS) is 17.4. The zero-order valence-corrected chi connectivity index (χ0v) is 45.1. The first-order chi connectivity index (χ1) is 27.5. The zero-order valence-electron chi connectivity index (χ0n) is 41.1. The van der Waals surface area contributed by atoms with E-state index in [4.69, 9.17) is 0 Å². The first kappa shape index (κ1) is 51.7. The number of allylic oxidation sites excluding steroid dienone is 8. The summed E-state index contributed by atoms with van der Waals surface area (Å²) in [5.74, 6) is 0.556. The van der Waals surface area contributed by atoms with Crippen LogP contribution >= 0.6 is 0 Å². The molecule has 0 N–H and O–H groups in total. The number of hydrogen-bond donors (Lipinski definition) is 0. The fourth-order valence-electron chi connectivity index (χ4n) is 9.09. The van der Waals surface area contributed by atoms with Gasteiger partial charge in [-0.15, -0.1) is 46.7 Å². The Bertz CT molecular complexity index is 2400. The topological polar surface area (TPSA) is 0 Å². The average Bonchev–Trinajstić information content (AvgIpc) is 3.85. The second-order valence-corrected chi connectivity index (χ2v) is 24.4. The molecule has 1 unspecified atom stereocenters. The summed E-state index contributed by atoms with van der Waals surface area (Å²) in [7, 11) is 0. The molecule has 3 aliphatic carbocycles. The zero-order chi connectivity index (χ0) is 44.5. The monoisotopic (exact) mass is 940 g/mol. The second-order valence-electron chi connectivity index (χ2n) is 23.2. The number of fused-ring (bicyclic) bond motifs is 5. The largest absolute Gasteiger partial charge is 1.00 e. The Hall–Kier alpha value is -2.96. The van der Waals surface area contributed by atoms with Crippen molar-refractivity contribution in [2.24, 2.45) is 16.7 Å². The minimum Gasteiger partial charge on any atom is -1.00 e. The third-order valence-electron chi connectivity index (χ3n) is 12.7. The molecular weight excluding hydrogens is 871 g/mol. The SMILES string of the molecule is CC(C)(C)C1=CC(C)(C)c2cc3[cH-]c4cc5c(cc4c3cc21)C(C(C)(C)C)=CC5(C)C.CC(C)(C)c1ccc([C](=[Zr+2])c2ccc(C(C)(C)C)cc2)cc1.CC1=CC(C)[C-]=C1.[Cl-].[Cl-]. The van der Waals surface area contributed by atoms with Gasteiger partial charge in [-0.3, -0.25) is 6.08 Å². The van der Waals surface area contributed by atoms with Crippen molar-refractivity contribution in [1.82, 2.24) is 0 Å². The van der Waals surface area contributed by atoms with Gasteiger partial charge in [-0.25, -0.2) is 11.6 Å². The second kappa shape index (κ2) is 18.1. The van der Waals surface area contributed by atoms with E-state index < -0.39 is 0 Å². The Kier molecular flexibility index (Phi) is 15.1. The van der Waals surface area contributed by atoms with Gasteiger partial charge in [-0.05, 0) is 33.1 Å². The Labute approximate surface area is 404 Å². The summed E-state index contributed by atoms with van der Waals surface area (Å²) < 4.78 is 1.42. The number of hydrogen-bond acceptors (Lipinski definition) is 0. The molecule has 0 aromatic heterocycles. The van der Waals surface area contributed by atoms with Crippen LogP contribution in [-0.2, 0) is 45.9 Å². The number of benzene rings is 4. The first-order valence-corrected chi connectivity index (χ1v) is 23.5. The maximum atomic E-state index is 3.15. The van der Waals surface area contributed by atoms with E-state index in [1.165, 1.54) is 110 Å². The maximum absolute atomic E-state index is 3.15. The van der Waals surface area contributed by atoms with E-state index in [2.05, 4.69) is 228 Å². The van der Waals surface area contributed by atoms with Crippen LogP contribution in [0.3, 0.4) is 0 Å². The van der Waals surface area contributed by atoms with E-state index in [1.807, 2.05) is 6.08 Å². The van der Waals surface area contributed by atoms with Crippen molar-refractivity contribution in [3.05, 3.63) is 159 Å². The fourth-order valence-corrected chi connectivity index (χ4v) is 9.90. The minimum absolute atomic E-state index is 0. The van der Waals surface area contributed by atoms with Crippen LogP contribution in [0.4, 0.5) is 0 Å². The van der Waals surface area contributed by atoms with Crippen molar-refractivity contribution in [3.8, 4) is 0 Å². The van der Waals surface area contributed by atoms with Crippen LogP contribution in [0, 0.1) is 22.8 Å². The van der Waals surface area contributed by atoms with Gasteiger partial charge in [0.15, 0.2) is 0 Å². The van der Waals surface area contributed by atoms with E-state index in [-0.39, 0.29) is 57.3 Å². The predicted octanol–water partition coefficient (Wildman–Crippen LogP) is 10.5. The predicted molar refractivity (Wildman–Crippen MR) is 262 cm³/mol. The molecule has 0 heterocycles. The van der Waals surface area contributed by atoms with Gasteiger partial charge in [0, 0.05) is 10.8 Å². The molecule has 0 saturated heterocycles. The molecule has 5 aromatic rings. The third-order valence-corrected chi connectivity index (χ3v) is 14.2. The van der Waals surface area contributed by atoms with Gasteiger partial charge < -0.3 is 24.8 Å². The van der Waals surface area contributed by atoms with E-state index in [9.17, 15) is 0 Å². The van der Waals surface area contributed by atoms with Gasteiger partial charge in [0.2, 0.25) is 0 Å². The molecule has 8 rings (SSSR count). The molecular formula is C59H72Cl2Zr-2. The van der Waals surface area contributed by atoms with Crippen LogP contribution in [0.2, 0.25) is 0 Å². The molecule has 0 radical (unpaired) electrons. The molecule has 1 atom stereocenters. The molecule has 5 aromatic carbocycles. The Morgan fingerprint density at radius 3 is 1.18 bits per heavy atom. The standard InChI is InChI=1S/C31H37.C21H26.C7H9.2ClH.Zr/c1-28(2,3)26-16-30(7,8)24-12-18-11-19-13-25-23(15-21(19)20(18)14-22(24)26)27(29(4,5)6)17-31(25,9)10;1-20(2,3)18-11-7-16(8-12-18)15-17-9-13-19(14-10-17)21(4,5)6;1-6-3-4-7(2)5-6;;;/h11-17H,1-10H3;7-14H,1-6H3;3,5,7H,1-2H3;2*1H;/q-1;;-1;;;+2/p-2. The molecule has 0 aliphatic heterocycles. The van der Waals surface area contributed by atoms with Crippen LogP contribution in [0.1, 0.15) is 169 Å². The summed E-state index contributed by atoms with van der Waals surface area (Å²) in [6, 6.07) is 30.5. The van der Waals surface area contributed by atoms with Crippen molar-refractivity contribution in [1.29, 1.82) is 0 Å². The Morgan fingerprint density at radius 2 is 0.919 bits per heavy atom. The molecule has 0 fully saturated rings. The minimum atomic E-state index is 0. The molecule has 0 amide bonds. The van der Waals surface area contributed by atoms with Gasteiger partial charge in [-0.2, -0.15) is 6.08 Å². The van der Waals surface area contributed by atoms with Crippen molar-refractivity contribution < 1.29 is 49.0 Å². The smallest absolute Gasteiger partial charge is 0.0733 e. The van der Waals surface area contributed by atoms with Gasteiger partial charge in [0.05, 0.1) is 0 Å². The van der Waals surface area contributed by atoms with Gasteiger partial charge in [-0.1, -0.05) is 117 Å². The molecule has 328 valence electrons. The van der Waals surface area contributed by atoms with E-state index in [0.29, 0.717) is 5.92 Å². The summed E-state index contributed by atoms with van der Waals surface area (Å²) in [5, 5.41) is 5.58. The van der Waals surface area contributed by atoms with Crippen molar-refractivity contribution in [2.75, 3.05) is 0 Å². The van der Waals surface area contributed by atoms with E-state index in [0.717, 1.165) is 0 Å². The molecule has 0 nitrogen and oxygen atoms in total. The Morgan fingerprint density at radius 1 is 0.565 bits per heavy atom. The van der Waals surface area contributed by atoms with Crippen molar-refractivity contribution in [3.63, 3.8) is 0 Å². The molecule has 62 heavy (non-hydrogen) atoms. The first-order valence-electron chi connectivity index (χ1n) is 22.2. The third kappa shape index (κ3) is 10.9. The number of halogens is 2.